The second-order valence-electron chi connectivity index (χ2n) is 7.49. The van der Waals surface area contributed by atoms with E-state index in [9.17, 15) is 23.9 Å². The molecule has 0 aliphatic carbocycles. The Morgan fingerprint density at radius 1 is 1.16 bits per heavy atom. The van der Waals surface area contributed by atoms with Gasteiger partial charge in [-0.3, -0.25) is 10.2 Å². The highest BCUT2D eigenvalue weighted by atomic mass is 35.5. The van der Waals surface area contributed by atoms with E-state index in [1.165, 1.54) is 18.2 Å². The van der Waals surface area contributed by atoms with Crippen molar-refractivity contribution in [2.45, 2.75) is 26.5 Å². The van der Waals surface area contributed by atoms with Gasteiger partial charge >= 0.3 is 17.8 Å². The Morgan fingerprint density at radius 3 is 2.41 bits per heavy atom. The summed E-state index contributed by atoms with van der Waals surface area (Å²) in [5, 5.41) is 20.4. The van der Waals surface area contributed by atoms with Gasteiger partial charge in [-0.15, -0.1) is 0 Å². The summed E-state index contributed by atoms with van der Waals surface area (Å²) >= 11 is 5.93. The maximum atomic E-state index is 14.1. The van der Waals surface area contributed by atoms with Gasteiger partial charge in [-0.2, -0.15) is 0 Å². The standard InChI is InChI=1S/C22H24ClFN2O6/c1-13(2)12-32-22(31)19(27)11-26(25-20(28)21(29)30)10-14-3-5-15(6-4-14)17-9-16(23)7-8-18(17)24/h3-9,13,19,27H,10-12H2,1-2H3,(H,25,28)(H,29,30)/t19-/m1/s1. The van der Waals surface area contributed by atoms with Crippen LogP contribution in [0.4, 0.5) is 4.39 Å². The lowest BCUT2D eigenvalue weighted by Crippen LogP contribution is -2.49. The summed E-state index contributed by atoms with van der Waals surface area (Å²) in [6, 6.07) is 10.7. The molecule has 172 valence electrons. The minimum atomic E-state index is -1.72. The second-order valence-corrected chi connectivity index (χ2v) is 7.92. The van der Waals surface area contributed by atoms with Gasteiger partial charge in [0.25, 0.3) is 0 Å². The molecular formula is C22H24ClFN2O6. The number of carboxylic acids is 1. The van der Waals surface area contributed by atoms with E-state index >= 15 is 0 Å². The van der Waals surface area contributed by atoms with Crippen LogP contribution in [0.15, 0.2) is 42.5 Å². The van der Waals surface area contributed by atoms with Crippen LogP contribution in [-0.2, 0) is 25.7 Å². The fraction of sp³-hybridized carbons (Fsp3) is 0.318. The number of esters is 1. The van der Waals surface area contributed by atoms with Crippen LogP contribution in [0.3, 0.4) is 0 Å². The Labute approximate surface area is 189 Å². The van der Waals surface area contributed by atoms with Crippen molar-refractivity contribution in [2.24, 2.45) is 5.92 Å². The largest absolute Gasteiger partial charge is 0.474 e. The summed E-state index contributed by atoms with van der Waals surface area (Å²) in [7, 11) is 0. The van der Waals surface area contributed by atoms with Crippen molar-refractivity contribution in [2.75, 3.05) is 13.2 Å². The zero-order valence-corrected chi connectivity index (χ0v) is 18.3. The van der Waals surface area contributed by atoms with E-state index in [-0.39, 0.29) is 19.1 Å². The highest BCUT2D eigenvalue weighted by Gasteiger charge is 2.24. The molecule has 0 bridgehead atoms. The van der Waals surface area contributed by atoms with Crippen molar-refractivity contribution in [1.82, 2.24) is 10.4 Å². The third-order valence-corrected chi connectivity index (χ3v) is 4.48. The van der Waals surface area contributed by atoms with E-state index in [1.807, 2.05) is 13.8 Å². The molecule has 2 aromatic rings. The van der Waals surface area contributed by atoms with E-state index in [4.69, 9.17) is 21.4 Å². The minimum Gasteiger partial charge on any atom is -0.474 e. The molecule has 10 heteroatoms. The first-order chi connectivity index (χ1) is 15.1. The summed E-state index contributed by atoms with van der Waals surface area (Å²) < 4.78 is 19.0. The van der Waals surface area contributed by atoms with Crippen molar-refractivity contribution < 1.29 is 33.7 Å². The van der Waals surface area contributed by atoms with Crippen LogP contribution in [0, 0.1) is 11.7 Å². The number of hydrogen-bond donors (Lipinski definition) is 3. The fourth-order valence-electron chi connectivity index (χ4n) is 2.70. The number of benzene rings is 2. The molecule has 0 fully saturated rings. The van der Waals surface area contributed by atoms with Crippen molar-refractivity contribution in [1.29, 1.82) is 0 Å². The first-order valence-electron chi connectivity index (χ1n) is 9.74. The molecule has 0 aliphatic rings. The molecule has 0 saturated carbocycles. The predicted molar refractivity (Wildman–Crippen MR) is 115 cm³/mol. The van der Waals surface area contributed by atoms with Gasteiger partial charge in [-0.25, -0.2) is 19.0 Å². The average Bonchev–Trinajstić information content (AvgIpc) is 2.74. The number of aliphatic carboxylic acids is 1. The number of rotatable bonds is 9. The molecule has 0 aliphatic heterocycles. The molecule has 8 nitrogen and oxygen atoms in total. The maximum Gasteiger partial charge on any atom is 0.395 e. The summed E-state index contributed by atoms with van der Waals surface area (Å²) in [4.78, 5) is 34.5. The van der Waals surface area contributed by atoms with Crippen LogP contribution in [0.25, 0.3) is 11.1 Å². The van der Waals surface area contributed by atoms with Crippen LogP contribution in [-0.4, -0.2) is 52.3 Å². The van der Waals surface area contributed by atoms with E-state index < -0.39 is 36.3 Å². The molecule has 0 radical (unpaired) electrons. The molecule has 0 heterocycles. The Kier molecular flexibility index (Phi) is 9.13. The molecule has 3 N–H and O–H groups in total. The zero-order valence-electron chi connectivity index (χ0n) is 17.5. The van der Waals surface area contributed by atoms with E-state index in [1.54, 1.807) is 24.3 Å². The Morgan fingerprint density at radius 2 is 1.81 bits per heavy atom. The molecule has 2 rings (SSSR count). The van der Waals surface area contributed by atoms with Crippen LogP contribution in [0.5, 0.6) is 0 Å². The normalized spacial score (nSPS) is 12.0. The lowest BCUT2D eigenvalue weighted by Gasteiger charge is -2.24. The van der Waals surface area contributed by atoms with Gasteiger partial charge in [0.15, 0.2) is 6.10 Å². The molecule has 0 saturated heterocycles. The van der Waals surface area contributed by atoms with E-state index in [0.29, 0.717) is 21.7 Å². The number of carbonyl (C=O) groups is 3. The Hall–Kier alpha value is -3.01. The van der Waals surface area contributed by atoms with Crippen molar-refractivity contribution >= 4 is 29.4 Å². The quantitative estimate of drug-likeness (QED) is 0.295. The number of ether oxygens (including phenoxy) is 1. The molecular weight excluding hydrogens is 443 g/mol. The Balaban J connectivity index is 2.14. The third kappa shape index (κ3) is 7.60. The van der Waals surface area contributed by atoms with Crippen LogP contribution >= 0.6 is 11.6 Å². The number of nitrogens with zero attached hydrogens (tertiary/aromatic N) is 1. The SMILES string of the molecule is CC(C)COC(=O)[C@H](O)CN(Cc1ccc(-c2cc(Cl)ccc2F)cc1)NC(=O)C(=O)O. The van der Waals surface area contributed by atoms with Crippen LogP contribution < -0.4 is 5.43 Å². The number of halogens is 2. The topological polar surface area (TPSA) is 116 Å². The average molecular weight is 467 g/mol. The number of carbonyl (C=O) groups excluding carboxylic acids is 2. The summed E-state index contributed by atoms with van der Waals surface area (Å²) in [6.07, 6.45) is -1.61. The molecule has 1 amide bonds. The predicted octanol–water partition coefficient (Wildman–Crippen LogP) is 2.62. The van der Waals surface area contributed by atoms with E-state index in [2.05, 4.69) is 5.43 Å². The minimum absolute atomic E-state index is 0.0359. The second kappa shape index (κ2) is 11.6. The van der Waals surface area contributed by atoms with Gasteiger partial charge < -0.3 is 14.9 Å². The van der Waals surface area contributed by atoms with Gasteiger partial charge in [0.05, 0.1) is 13.2 Å². The van der Waals surface area contributed by atoms with Gasteiger partial charge in [0, 0.05) is 17.1 Å². The molecule has 32 heavy (non-hydrogen) atoms. The van der Waals surface area contributed by atoms with Crippen LogP contribution in [0.1, 0.15) is 19.4 Å². The van der Waals surface area contributed by atoms with Crippen LogP contribution in [0.2, 0.25) is 5.02 Å². The fourth-order valence-corrected chi connectivity index (χ4v) is 2.87. The number of aliphatic hydroxyl groups excluding tert-OH is 1. The molecule has 0 aromatic heterocycles. The number of hydrogen-bond acceptors (Lipinski definition) is 6. The smallest absolute Gasteiger partial charge is 0.395 e. The highest BCUT2D eigenvalue weighted by Crippen LogP contribution is 2.26. The zero-order chi connectivity index (χ0) is 23.8. The monoisotopic (exact) mass is 466 g/mol. The third-order valence-electron chi connectivity index (χ3n) is 4.25. The Bertz CT molecular complexity index is 967. The van der Waals surface area contributed by atoms with E-state index in [0.717, 1.165) is 5.01 Å². The first kappa shape index (κ1) is 25.3. The first-order valence-corrected chi connectivity index (χ1v) is 10.1. The van der Waals surface area contributed by atoms with Crippen molar-refractivity contribution in [3.63, 3.8) is 0 Å². The van der Waals surface area contributed by atoms with Crippen molar-refractivity contribution in [3.8, 4) is 11.1 Å². The van der Waals surface area contributed by atoms with Crippen molar-refractivity contribution in [3.05, 3.63) is 58.9 Å². The molecule has 0 unspecified atom stereocenters. The summed E-state index contributed by atoms with van der Waals surface area (Å²) in [6.45, 7) is 3.33. The highest BCUT2D eigenvalue weighted by molar-refractivity contribution is 6.31. The van der Waals surface area contributed by atoms with Gasteiger partial charge in [-0.05, 0) is 35.2 Å². The number of aliphatic hydroxyl groups is 1. The van der Waals surface area contributed by atoms with Gasteiger partial charge in [-0.1, -0.05) is 49.7 Å². The summed E-state index contributed by atoms with van der Waals surface area (Å²) in [5.74, 6) is -4.32. The number of amides is 1. The number of nitrogens with one attached hydrogen (secondary N) is 1. The number of hydrazine groups is 1. The molecule has 1 atom stereocenters. The summed E-state index contributed by atoms with van der Waals surface area (Å²) in [5.41, 5.74) is 3.60. The molecule has 0 spiro atoms. The van der Waals surface area contributed by atoms with Gasteiger partial charge in [0.2, 0.25) is 0 Å². The lowest BCUT2D eigenvalue weighted by atomic mass is 10.0. The number of carboxylic acid groups (broad SMARTS) is 1. The lowest BCUT2D eigenvalue weighted by molar-refractivity contribution is -0.158. The maximum absolute atomic E-state index is 14.1. The molecule has 2 aromatic carbocycles. The van der Waals surface area contributed by atoms with Gasteiger partial charge in [0.1, 0.15) is 5.82 Å².